The molecular formula is C31H40O4S2. The van der Waals surface area contributed by atoms with Crippen molar-refractivity contribution >= 4 is 29.5 Å². The SMILES string of the molecule is CC1=C([C@@H](O)CCC(Sc2ccccc2)Sc2ccccc2)C(=O)O[C@H]1O[C@@H]1C[C@H](C)CC[C@H]1C(C)C. The number of hydrogen-bond donors (Lipinski definition) is 1. The maximum atomic E-state index is 12.9. The first-order chi connectivity index (χ1) is 17.8. The number of rotatable bonds is 11. The van der Waals surface area contributed by atoms with Crippen LogP contribution in [0.25, 0.3) is 0 Å². The predicted molar refractivity (Wildman–Crippen MR) is 152 cm³/mol. The summed E-state index contributed by atoms with van der Waals surface area (Å²) in [4.78, 5) is 15.2. The van der Waals surface area contributed by atoms with Crippen LogP contribution >= 0.6 is 23.5 Å². The molecule has 1 saturated carbocycles. The van der Waals surface area contributed by atoms with Crippen LogP contribution in [0.1, 0.15) is 59.8 Å². The Kier molecular flexibility index (Phi) is 10.2. The zero-order valence-electron chi connectivity index (χ0n) is 22.3. The smallest absolute Gasteiger partial charge is 0.339 e. The Morgan fingerprint density at radius 1 is 0.973 bits per heavy atom. The molecule has 0 radical (unpaired) electrons. The lowest BCUT2D eigenvalue weighted by Gasteiger charge is -2.38. The van der Waals surface area contributed by atoms with E-state index in [0.717, 1.165) is 24.8 Å². The summed E-state index contributed by atoms with van der Waals surface area (Å²) in [5, 5.41) is 11.1. The van der Waals surface area contributed by atoms with Gasteiger partial charge in [-0.1, -0.05) is 63.6 Å². The molecule has 5 atom stereocenters. The molecule has 2 aliphatic rings. The van der Waals surface area contributed by atoms with Gasteiger partial charge in [-0.3, -0.25) is 0 Å². The second-order valence-electron chi connectivity index (χ2n) is 10.7. The van der Waals surface area contributed by atoms with Crippen molar-refractivity contribution in [3.05, 3.63) is 71.8 Å². The molecule has 1 aliphatic heterocycles. The van der Waals surface area contributed by atoms with Crippen molar-refractivity contribution in [2.24, 2.45) is 17.8 Å². The highest BCUT2D eigenvalue weighted by Gasteiger charge is 2.40. The summed E-state index contributed by atoms with van der Waals surface area (Å²) >= 11 is 3.58. The molecule has 0 saturated heterocycles. The Labute approximate surface area is 230 Å². The van der Waals surface area contributed by atoms with E-state index in [4.69, 9.17) is 9.47 Å². The average molecular weight is 541 g/mol. The van der Waals surface area contributed by atoms with Gasteiger partial charge in [-0.25, -0.2) is 4.79 Å². The van der Waals surface area contributed by atoms with Crippen molar-refractivity contribution in [3.63, 3.8) is 0 Å². The second-order valence-corrected chi connectivity index (χ2v) is 13.6. The summed E-state index contributed by atoms with van der Waals surface area (Å²) in [6, 6.07) is 20.6. The van der Waals surface area contributed by atoms with Gasteiger partial charge in [-0.2, -0.15) is 0 Å². The van der Waals surface area contributed by atoms with E-state index in [-0.39, 0.29) is 10.7 Å². The van der Waals surface area contributed by atoms with E-state index < -0.39 is 18.4 Å². The lowest BCUT2D eigenvalue weighted by molar-refractivity contribution is -0.181. The molecular weight excluding hydrogens is 500 g/mol. The van der Waals surface area contributed by atoms with Crippen LogP contribution in [-0.4, -0.2) is 34.2 Å². The third-order valence-electron chi connectivity index (χ3n) is 7.50. The van der Waals surface area contributed by atoms with Crippen molar-refractivity contribution in [1.82, 2.24) is 0 Å². The summed E-state index contributed by atoms with van der Waals surface area (Å²) in [7, 11) is 0. The topological polar surface area (TPSA) is 55.8 Å². The number of esters is 1. The molecule has 1 aliphatic carbocycles. The van der Waals surface area contributed by atoms with Crippen LogP contribution in [0.15, 0.2) is 81.6 Å². The molecule has 2 aromatic carbocycles. The van der Waals surface area contributed by atoms with E-state index in [2.05, 4.69) is 45.0 Å². The number of carbonyl (C=O) groups is 1. The van der Waals surface area contributed by atoms with Crippen LogP contribution in [0, 0.1) is 17.8 Å². The van der Waals surface area contributed by atoms with Gasteiger partial charge >= 0.3 is 5.97 Å². The fraction of sp³-hybridized carbons (Fsp3) is 0.516. The van der Waals surface area contributed by atoms with E-state index >= 15 is 0 Å². The second kappa shape index (κ2) is 13.4. The molecule has 1 heterocycles. The number of thioether (sulfide) groups is 2. The molecule has 200 valence electrons. The number of carbonyl (C=O) groups excluding carboxylic acids is 1. The van der Waals surface area contributed by atoms with Crippen LogP contribution in [-0.2, 0) is 14.3 Å². The van der Waals surface area contributed by atoms with Gasteiger partial charge < -0.3 is 14.6 Å². The summed E-state index contributed by atoms with van der Waals surface area (Å²) in [5.74, 6) is 1.14. The molecule has 1 N–H and O–H groups in total. The first kappa shape index (κ1) is 28.3. The maximum absolute atomic E-state index is 12.9. The number of benzene rings is 2. The first-order valence-corrected chi connectivity index (χ1v) is 15.3. The van der Waals surface area contributed by atoms with Gasteiger partial charge in [0.2, 0.25) is 6.29 Å². The maximum Gasteiger partial charge on any atom is 0.339 e. The highest BCUT2D eigenvalue weighted by Crippen LogP contribution is 2.41. The first-order valence-electron chi connectivity index (χ1n) is 13.5. The largest absolute Gasteiger partial charge is 0.428 e. The molecule has 1 fully saturated rings. The minimum Gasteiger partial charge on any atom is -0.428 e. The zero-order valence-corrected chi connectivity index (χ0v) is 24.0. The van der Waals surface area contributed by atoms with E-state index in [1.165, 1.54) is 16.2 Å². The molecule has 4 nitrogen and oxygen atoms in total. The standard InChI is InChI=1S/C31H40O4S2/c1-20(2)25-16-15-21(3)19-27(25)34-31-22(4)29(30(33)35-31)26(32)17-18-28(36-23-11-7-5-8-12-23)37-24-13-9-6-10-14-24/h5-14,20-21,25-28,31-32H,15-19H2,1-4H3/t21-,25+,26+,27-,31-/m1/s1. The van der Waals surface area contributed by atoms with Crippen molar-refractivity contribution in [3.8, 4) is 0 Å². The van der Waals surface area contributed by atoms with Crippen LogP contribution in [0.2, 0.25) is 0 Å². The minimum absolute atomic E-state index is 0.0712. The summed E-state index contributed by atoms with van der Waals surface area (Å²) in [5.41, 5.74) is 1.10. The minimum atomic E-state index is -0.873. The molecule has 0 aromatic heterocycles. The van der Waals surface area contributed by atoms with Crippen LogP contribution < -0.4 is 0 Å². The third-order valence-corrected chi connectivity index (χ3v) is 10.2. The van der Waals surface area contributed by atoms with E-state index in [1.54, 1.807) is 23.5 Å². The predicted octanol–water partition coefficient (Wildman–Crippen LogP) is 7.72. The fourth-order valence-corrected chi connectivity index (χ4v) is 7.98. The highest BCUT2D eigenvalue weighted by atomic mass is 32.2. The Bertz CT molecular complexity index is 998. The van der Waals surface area contributed by atoms with Crippen LogP contribution in [0.3, 0.4) is 0 Å². The summed E-state index contributed by atoms with van der Waals surface area (Å²) in [6.07, 6.45) is 3.07. The zero-order chi connectivity index (χ0) is 26.4. The number of cyclic esters (lactones) is 1. The van der Waals surface area contributed by atoms with Gasteiger partial charge in [0.25, 0.3) is 0 Å². The van der Waals surface area contributed by atoms with Gasteiger partial charge in [-0.15, -0.1) is 23.5 Å². The van der Waals surface area contributed by atoms with E-state index in [9.17, 15) is 9.90 Å². The Balaban J connectivity index is 1.42. The lowest BCUT2D eigenvalue weighted by atomic mass is 9.75. The van der Waals surface area contributed by atoms with Crippen molar-refractivity contribution in [1.29, 1.82) is 0 Å². The molecule has 0 spiro atoms. The summed E-state index contributed by atoms with van der Waals surface area (Å²) in [6.45, 7) is 8.63. The van der Waals surface area contributed by atoms with E-state index in [1.807, 2.05) is 43.3 Å². The molecule has 2 aromatic rings. The van der Waals surface area contributed by atoms with Crippen molar-refractivity contribution in [2.45, 2.75) is 92.7 Å². The average Bonchev–Trinajstić information content (AvgIpc) is 3.16. The van der Waals surface area contributed by atoms with Gasteiger partial charge in [0.05, 0.1) is 22.4 Å². The monoisotopic (exact) mass is 540 g/mol. The van der Waals surface area contributed by atoms with Gasteiger partial charge in [0.15, 0.2) is 0 Å². The number of ether oxygens (including phenoxy) is 2. The van der Waals surface area contributed by atoms with Gasteiger partial charge in [-0.05, 0) is 74.6 Å². The van der Waals surface area contributed by atoms with Crippen molar-refractivity contribution in [2.75, 3.05) is 0 Å². The molecule has 0 amide bonds. The molecule has 4 rings (SSSR count). The third kappa shape index (κ3) is 7.66. The fourth-order valence-electron chi connectivity index (χ4n) is 5.38. The number of hydrogen-bond acceptors (Lipinski definition) is 6. The Morgan fingerprint density at radius 3 is 2.14 bits per heavy atom. The highest BCUT2D eigenvalue weighted by molar-refractivity contribution is 8.17. The summed E-state index contributed by atoms with van der Waals surface area (Å²) < 4.78 is 12.3. The Hall–Kier alpha value is -1.73. The molecule has 0 unspecified atom stereocenters. The Morgan fingerprint density at radius 2 is 1.57 bits per heavy atom. The van der Waals surface area contributed by atoms with E-state index in [0.29, 0.717) is 29.7 Å². The number of aliphatic hydroxyl groups is 1. The van der Waals surface area contributed by atoms with Gasteiger partial charge in [0, 0.05) is 15.4 Å². The molecule has 37 heavy (non-hydrogen) atoms. The lowest BCUT2D eigenvalue weighted by Crippen LogP contribution is -2.37. The quantitative estimate of drug-likeness (QED) is 0.179. The number of aliphatic hydroxyl groups excluding tert-OH is 1. The van der Waals surface area contributed by atoms with Gasteiger partial charge in [0.1, 0.15) is 0 Å². The van der Waals surface area contributed by atoms with Crippen LogP contribution in [0.5, 0.6) is 0 Å². The van der Waals surface area contributed by atoms with Crippen molar-refractivity contribution < 1.29 is 19.4 Å². The molecule has 6 heteroatoms. The normalized spacial score (nSPS) is 25.1. The molecule has 0 bridgehead atoms. The van der Waals surface area contributed by atoms with Crippen LogP contribution in [0.4, 0.5) is 0 Å².